The number of Topliss-reactive ketones (excluding diaryl/α,β-unsaturated/α-hetero) is 1. The molecule has 0 bridgehead atoms. The van der Waals surface area contributed by atoms with Crippen molar-refractivity contribution in [1.29, 1.82) is 0 Å². The number of carbonyl (C=O) groups excluding carboxylic acids is 2. The van der Waals surface area contributed by atoms with Crippen LogP contribution < -0.4 is 10.9 Å². The summed E-state index contributed by atoms with van der Waals surface area (Å²) in [5.74, 6) is -0.0870. The minimum atomic E-state index is -0.407. The molecule has 3 rings (SSSR count). The summed E-state index contributed by atoms with van der Waals surface area (Å²) in [6.07, 6.45) is 2.36. The van der Waals surface area contributed by atoms with Crippen LogP contribution in [-0.4, -0.2) is 33.0 Å². The van der Waals surface area contributed by atoms with Crippen LogP contribution >= 0.6 is 23.1 Å². The Morgan fingerprint density at radius 2 is 2.03 bits per heavy atom. The van der Waals surface area contributed by atoms with Crippen molar-refractivity contribution in [2.45, 2.75) is 37.2 Å². The second kappa shape index (κ2) is 9.86. The number of carbonyl (C=O) groups is 2. The van der Waals surface area contributed by atoms with E-state index in [2.05, 4.69) is 16.9 Å². The van der Waals surface area contributed by atoms with Crippen molar-refractivity contribution in [1.82, 2.24) is 14.9 Å². The van der Waals surface area contributed by atoms with Crippen LogP contribution in [0.3, 0.4) is 0 Å². The molecule has 0 fully saturated rings. The van der Waals surface area contributed by atoms with Crippen LogP contribution in [0.15, 0.2) is 58.3 Å². The van der Waals surface area contributed by atoms with E-state index < -0.39 is 5.25 Å². The van der Waals surface area contributed by atoms with E-state index in [1.165, 1.54) is 30.0 Å². The predicted octanol–water partition coefficient (Wildman–Crippen LogP) is 3.69. The van der Waals surface area contributed by atoms with Gasteiger partial charge in [0, 0.05) is 25.6 Å². The van der Waals surface area contributed by atoms with Crippen LogP contribution in [0.25, 0.3) is 10.2 Å². The number of hydrogen-bond acceptors (Lipinski definition) is 6. The van der Waals surface area contributed by atoms with Gasteiger partial charge in [0.2, 0.25) is 5.91 Å². The summed E-state index contributed by atoms with van der Waals surface area (Å²) >= 11 is 2.69. The molecule has 1 unspecified atom stereocenters. The van der Waals surface area contributed by atoms with E-state index in [0.29, 0.717) is 40.4 Å². The number of ketones is 1. The minimum Gasteiger partial charge on any atom is -0.356 e. The van der Waals surface area contributed by atoms with Gasteiger partial charge < -0.3 is 5.32 Å². The van der Waals surface area contributed by atoms with E-state index >= 15 is 0 Å². The van der Waals surface area contributed by atoms with Crippen molar-refractivity contribution in [2.75, 3.05) is 6.54 Å². The van der Waals surface area contributed by atoms with Crippen LogP contribution in [0.4, 0.5) is 0 Å². The molecule has 1 atom stereocenters. The van der Waals surface area contributed by atoms with Gasteiger partial charge in [-0.25, -0.2) is 4.98 Å². The van der Waals surface area contributed by atoms with Crippen LogP contribution in [-0.2, 0) is 17.8 Å². The van der Waals surface area contributed by atoms with Gasteiger partial charge in [-0.1, -0.05) is 42.1 Å². The van der Waals surface area contributed by atoms with Crippen molar-refractivity contribution in [3.8, 4) is 0 Å². The Balaban J connectivity index is 1.75. The Labute approximate surface area is 183 Å². The molecular formula is C22H23N3O3S2. The van der Waals surface area contributed by atoms with Gasteiger partial charge in [-0.3, -0.25) is 19.0 Å². The van der Waals surface area contributed by atoms with Crippen LogP contribution in [0, 0.1) is 0 Å². The second-order valence-electron chi connectivity index (χ2n) is 6.79. The Bertz CT molecular complexity index is 1130. The molecule has 0 saturated carbocycles. The summed E-state index contributed by atoms with van der Waals surface area (Å²) in [7, 11) is 0. The maximum absolute atomic E-state index is 12.9. The minimum absolute atomic E-state index is 0.0286. The lowest BCUT2D eigenvalue weighted by Gasteiger charge is -2.14. The van der Waals surface area contributed by atoms with Gasteiger partial charge in [-0.05, 0) is 30.4 Å². The van der Waals surface area contributed by atoms with Crippen molar-refractivity contribution in [3.05, 3.63) is 69.8 Å². The first-order valence-electron chi connectivity index (χ1n) is 9.54. The summed E-state index contributed by atoms with van der Waals surface area (Å²) in [5, 5.41) is 5.29. The topological polar surface area (TPSA) is 81.1 Å². The summed E-state index contributed by atoms with van der Waals surface area (Å²) in [6.45, 7) is 7.93. The molecule has 0 saturated heterocycles. The first-order valence-corrected chi connectivity index (χ1v) is 11.3. The first kappa shape index (κ1) is 22.0. The Kier molecular flexibility index (Phi) is 7.23. The number of rotatable bonds is 9. The molecule has 1 aromatic carbocycles. The quantitative estimate of drug-likeness (QED) is 0.237. The molecule has 2 aromatic heterocycles. The van der Waals surface area contributed by atoms with E-state index in [1.807, 2.05) is 24.4 Å². The number of nitrogens with zero attached hydrogens (tertiary/aromatic N) is 2. The summed E-state index contributed by atoms with van der Waals surface area (Å²) in [5.41, 5.74) is 1.53. The lowest BCUT2D eigenvalue weighted by molar-refractivity contribution is -0.118. The number of aromatic nitrogens is 2. The standard InChI is InChI=1S/C22H23N3O3S2/c1-4-12-25-21(28)18-10-13-29-20(18)24-22(25)30-14(2)19(27)17-7-5-16(6-8-17)9-11-23-15(3)26/h4-8,10,13-14H,1,9,11-12H2,2-3H3,(H,23,26). The SMILES string of the molecule is C=CCn1c(SC(C)C(=O)c2ccc(CCNC(C)=O)cc2)nc2sccc2c1=O. The summed E-state index contributed by atoms with van der Waals surface area (Å²) < 4.78 is 1.56. The maximum atomic E-state index is 12.9. The van der Waals surface area contributed by atoms with Gasteiger partial charge in [-0.15, -0.1) is 17.9 Å². The van der Waals surface area contributed by atoms with E-state index in [0.717, 1.165) is 5.56 Å². The molecule has 0 radical (unpaired) electrons. The highest BCUT2D eigenvalue weighted by atomic mass is 32.2. The summed E-state index contributed by atoms with van der Waals surface area (Å²) in [4.78, 5) is 41.9. The molecule has 0 aliphatic carbocycles. The Morgan fingerprint density at radius 1 is 1.30 bits per heavy atom. The number of amides is 1. The fourth-order valence-corrected chi connectivity index (χ4v) is 4.78. The third kappa shape index (κ3) is 5.06. The van der Waals surface area contributed by atoms with E-state index in [4.69, 9.17) is 0 Å². The fourth-order valence-electron chi connectivity index (χ4n) is 2.98. The zero-order valence-corrected chi connectivity index (χ0v) is 18.5. The molecule has 0 spiro atoms. The normalized spacial score (nSPS) is 11.9. The smallest absolute Gasteiger partial charge is 0.263 e. The number of hydrogen-bond donors (Lipinski definition) is 1. The van der Waals surface area contributed by atoms with Crippen LogP contribution in [0.2, 0.25) is 0 Å². The van der Waals surface area contributed by atoms with E-state index in [9.17, 15) is 14.4 Å². The van der Waals surface area contributed by atoms with Crippen molar-refractivity contribution in [2.24, 2.45) is 0 Å². The molecule has 156 valence electrons. The Hall–Kier alpha value is -2.71. The molecule has 0 aliphatic heterocycles. The lowest BCUT2D eigenvalue weighted by atomic mass is 10.0. The van der Waals surface area contributed by atoms with Gasteiger partial charge in [0.1, 0.15) is 4.83 Å². The Morgan fingerprint density at radius 3 is 2.70 bits per heavy atom. The molecular weight excluding hydrogens is 418 g/mol. The predicted molar refractivity (Wildman–Crippen MR) is 123 cm³/mol. The van der Waals surface area contributed by atoms with Crippen molar-refractivity contribution in [3.63, 3.8) is 0 Å². The van der Waals surface area contributed by atoms with Crippen molar-refractivity contribution >= 4 is 45.0 Å². The lowest BCUT2D eigenvalue weighted by Crippen LogP contribution is -2.24. The number of nitrogens with one attached hydrogen (secondary N) is 1. The molecule has 8 heteroatoms. The molecule has 0 aliphatic rings. The van der Waals surface area contributed by atoms with E-state index in [1.54, 1.807) is 28.8 Å². The average Bonchev–Trinajstić information content (AvgIpc) is 3.19. The first-order chi connectivity index (χ1) is 14.4. The van der Waals surface area contributed by atoms with Gasteiger partial charge in [0.05, 0.1) is 10.6 Å². The number of allylic oxidation sites excluding steroid dienone is 1. The molecule has 1 N–H and O–H groups in total. The fraction of sp³-hybridized carbons (Fsp3) is 0.273. The maximum Gasteiger partial charge on any atom is 0.263 e. The zero-order valence-electron chi connectivity index (χ0n) is 16.9. The number of fused-ring (bicyclic) bond motifs is 1. The molecule has 3 aromatic rings. The van der Waals surface area contributed by atoms with Gasteiger partial charge in [0.15, 0.2) is 10.9 Å². The van der Waals surface area contributed by atoms with Gasteiger partial charge in [-0.2, -0.15) is 0 Å². The van der Waals surface area contributed by atoms with Crippen LogP contribution in [0.5, 0.6) is 0 Å². The molecule has 30 heavy (non-hydrogen) atoms. The average molecular weight is 442 g/mol. The number of thioether (sulfide) groups is 1. The monoisotopic (exact) mass is 441 g/mol. The number of benzene rings is 1. The zero-order chi connectivity index (χ0) is 21.7. The van der Waals surface area contributed by atoms with Gasteiger partial charge in [0.25, 0.3) is 5.56 Å². The third-order valence-corrected chi connectivity index (χ3v) is 6.43. The molecule has 2 heterocycles. The van der Waals surface area contributed by atoms with E-state index in [-0.39, 0.29) is 17.2 Å². The number of thiophene rings is 1. The molecule has 1 amide bonds. The highest BCUT2D eigenvalue weighted by Gasteiger charge is 2.20. The highest BCUT2D eigenvalue weighted by molar-refractivity contribution is 8.00. The summed E-state index contributed by atoms with van der Waals surface area (Å²) in [6, 6.07) is 9.17. The molecule has 6 nitrogen and oxygen atoms in total. The van der Waals surface area contributed by atoms with Crippen molar-refractivity contribution < 1.29 is 9.59 Å². The van der Waals surface area contributed by atoms with Gasteiger partial charge >= 0.3 is 0 Å². The second-order valence-corrected chi connectivity index (χ2v) is 8.99. The largest absolute Gasteiger partial charge is 0.356 e. The third-order valence-electron chi connectivity index (χ3n) is 4.54. The van der Waals surface area contributed by atoms with Crippen LogP contribution in [0.1, 0.15) is 29.8 Å². The highest BCUT2D eigenvalue weighted by Crippen LogP contribution is 2.26.